The Morgan fingerprint density at radius 3 is 2.60 bits per heavy atom. The minimum absolute atomic E-state index is 0.348. The first kappa shape index (κ1) is 10.7. The Morgan fingerprint density at radius 1 is 1.27 bits per heavy atom. The summed E-state index contributed by atoms with van der Waals surface area (Å²) >= 11 is 0. The Labute approximate surface area is 90.8 Å². The second-order valence-electron chi connectivity index (χ2n) is 4.64. The molecule has 0 aromatic rings. The van der Waals surface area contributed by atoms with E-state index in [1.54, 1.807) is 0 Å². The highest BCUT2D eigenvalue weighted by atomic mass is 16.4. The van der Waals surface area contributed by atoms with Gasteiger partial charge in [-0.15, -0.1) is 0 Å². The number of nitrogens with zero attached hydrogens (tertiary/aromatic N) is 1. The van der Waals surface area contributed by atoms with Crippen LogP contribution in [0.4, 0.5) is 0 Å². The number of hydrogen-bond donors (Lipinski definition) is 1. The molecule has 1 heterocycles. The Balaban J connectivity index is 1.95. The summed E-state index contributed by atoms with van der Waals surface area (Å²) in [5, 5.41) is 8.89. The highest BCUT2D eigenvalue weighted by Gasteiger charge is 2.31. The van der Waals surface area contributed by atoms with Gasteiger partial charge in [0.15, 0.2) is 0 Å². The van der Waals surface area contributed by atoms with Crippen molar-refractivity contribution in [2.75, 3.05) is 13.1 Å². The third kappa shape index (κ3) is 2.59. The van der Waals surface area contributed by atoms with Crippen molar-refractivity contribution in [2.45, 2.75) is 38.1 Å². The summed E-state index contributed by atoms with van der Waals surface area (Å²) in [6.07, 6.45) is 9.46. The molecule has 84 valence electrons. The van der Waals surface area contributed by atoms with E-state index in [0.717, 1.165) is 19.5 Å². The van der Waals surface area contributed by atoms with Gasteiger partial charge in [-0.1, -0.05) is 25.0 Å². The molecule has 0 spiro atoms. The van der Waals surface area contributed by atoms with Crippen LogP contribution in [-0.2, 0) is 4.79 Å². The molecule has 1 aliphatic heterocycles. The molecule has 0 unspecified atom stereocenters. The lowest BCUT2D eigenvalue weighted by atomic mass is 9.81. The molecule has 3 nitrogen and oxygen atoms in total. The van der Waals surface area contributed by atoms with Gasteiger partial charge in [0, 0.05) is 25.6 Å². The molecule has 2 rings (SSSR count). The maximum absolute atomic E-state index is 10.8. The van der Waals surface area contributed by atoms with E-state index in [-0.39, 0.29) is 0 Å². The van der Waals surface area contributed by atoms with Crippen LogP contribution in [-0.4, -0.2) is 35.1 Å². The lowest BCUT2D eigenvalue weighted by Crippen LogP contribution is -2.41. The first-order valence-electron chi connectivity index (χ1n) is 5.88. The molecule has 1 N–H and O–H groups in total. The van der Waals surface area contributed by atoms with Crippen LogP contribution in [0.3, 0.4) is 0 Å². The maximum Gasteiger partial charge on any atom is 0.303 e. The molecule has 0 aromatic heterocycles. The fraction of sp³-hybridized carbons (Fsp3) is 0.750. The normalized spacial score (nSPS) is 32.0. The molecule has 0 saturated heterocycles. The summed E-state index contributed by atoms with van der Waals surface area (Å²) in [6.45, 7) is 2.03. The Hall–Kier alpha value is -0.830. The lowest BCUT2D eigenvalue weighted by molar-refractivity contribution is -0.139. The molecule has 1 saturated carbocycles. The minimum atomic E-state index is -0.640. The molecule has 0 radical (unpaired) electrons. The molecule has 1 aliphatic carbocycles. The van der Waals surface area contributed by atoms with E-state index >= 15 is 0 Å². The van der Waals surface area contributed by atoms with Gasteiger partial charge in [0.2, 0.25) is 0 Å². The monoisotopic (exact) mass is 209 g/mol. The molecule has 1 fully saturated rings. The third-order valence-corrected chi connectivity index (χ3v) is 3.62. The summed E-state index contributed by atoms with van der Waals surface area (Å²) < 4.78 is 0. The van der Waals surface area contributed by atoms with Crippen molar-refractivity contribution in [1.29, 1.82) is 0 Å². The summed E-state index contributed by atoms with van der Waals surface area (Å²) in [5.74, 6) is -0.268. The molecule has 0 amide bonds. The van der Waals surface area contributed by atoms with E-state index in [4.69, 9.17) is 5.11 Å². The third-order valence-electron chi connectivity index (χ3n) is 3.62. The van der Waals surface area contributed by atoms with Gasteiger partial charge in [-0.3, -0.25) is 9.69 Å². The number of hydrogen-bond acceptors (Lipinski definition) is 2. The molecule has 0 bridgehead atoms. The van der Waals surface area contributed by atoms with Gasteiger partial charge in [0.1, 0.15) is 0 Å². The molecule has 0 aromatic carbocycles. The van der Waals surface area contributed by atoms with E-state index in [2.05, 4.69) is 17.1 Å². The summed E-state index contributed by atoms with van der Waals surface area (Å²) in [7, 11) is 0. The number of carboxylic acid groups (broad SMARTS) is 1. The van der Waals surface area contributed by atoms with Crippen molar-refractivity contribution in [3.8, 4) is 0 Å². The zero-order valence-electron chi connectivity index (χ0n) is 9.06. The first-order chi connectivity index (χ1) is 7.27. The van der Waals surface area contributed by atoms with Crippen molar-refractivity contribution < 1.29 is 9.90 Å². The standard InChI is InChI=1S/C12H19NO2/c14-12(15)9-10-5-1-2-6-11(10)13-7-3-4-8-13/h3-4,10-11H,1-2,5-9H2,(H,14,15)/t10-,11-/m0/s1. The zero-order valence-corrected chi connectivity index (χ0v) is 9.06. The van der Waals surface area contributed by atoms with Crippen molar-refractivity contribution >= 4 is 5.97 Å². The number of rotatable bonds is 3. The van der Waals surface area contributed by atoms with Gasteiger partial charge >= 0.3 is 5.97 Å². The Morgan fingerprint density at radius 2 is 1.93 bits per heavy atom. The second-order valence-corrected chi connectivity index (χ2v) is 4.64. The van der Waals surface area contributed by atoms with Gasteiger partial charge in [-0.05, 0) is 18.8 Å². The van der Waals surface area contributed by atoms with Gasteiger partial charge in [-0.25, -0.2) is 0 Å². The smallest absolute Gasteiger partial charge is 0.303 e. The molecule has 2 aliphatic rings. The van der Waals surface area contributed by atoms with Crippen LogP contribution in [0.5, 0.6) is 0 Å². The van der Waals surface area contributed by atoms with Crippen molar-refractivity contribution in [1.82, 2.24) is 4.90 Å². The molecule has 15 heavy (non-hydrogen) atoms. The average Bonchev–Trinajstić information content (AvgIpc) is 2.70. The predicted octanol–water partition coefficient (Wildman–Crippen LogP) is 1.89. The number of carboxylic acids is 1. The highest BCUT2D eigenvalue weighted by molar-refractivity contribution is 5.67. The highest BCUT2D eigenvalue weighted by Crippen LogP contribution is 2.31. The van der Waals surface area contributed by atoms with E-state index in [1.807, 2.05) is 0 Å². The van der Waals surface area contributed by atoms with E-state index in [0.29, 0.717) is 18.4 Å². The second kappa shape index (κ2) is 4.79. The van der Waals surface area contributed by atoms with Crippen LogP contribution in [0.2, 0.25) is 0 Å². The van der Waals surface area contributed by atoms with Crippen molar-refractivity contribution in [2.24, 2.45) is 5.92 Å². The number of aliphatic carboxylic acids is 1. The lowest BCUT2D eigenvalue weighted by Gasteiger charge is -2.37. The predicted molar refractivity (Wildman–Crippen MR) is 58.7 cm³/mol. The van der Waals surface area contributed by atoms with Crippen LogP contribution in [0.1, 0.15) is 32.1 Å². The minimum Gasteiger partial charge on any atom is -0.481 e. The van der Waals surface area contributed by atoms with Crippen LogP contribution in [0, 0.1) is 5.92 Å². The molecular formula is C12H19NO2. The molecule has 2 atom stereocenters. The fourth-order valence-corrected chi connectivity index (χ4v) is 2.90. The Kier molecular flexibility index (Phi) is 3.41. The average molecular weight is 209 g/mol. The van der Waals surface area contributed by atoms with E-state index in [1.165, 1.54) is 19.3 Å². The zero-order chi connectivity index (χ0) is 10.7. The molecular weight excluding hydrogens is 190 g/mol. The van der Waals surface area contributed by atoms with Crippen LogP contribution in [0.15, 0.2) is 12.2 Å². The van der Waals surface area contributed by atoms with E-state index < -0.39 is 5.97 Å². The van der Waals surface area contributed by atoms with Crippen LogP contribution >= 0.6 is 0 Å². The van der Waals surface area contributed by atoms with E-state index in [9.17, 15) is 4.79 Å². The van der Waals surface area contributed by atoms with Gasteiger partial charge in [0.25, 0.3) is 0 Å². The maximum atomic E-state index is 10.8. The van der Waals surface area contributed by atoms with Crippen LogP contribution in [0.25, 0.3) is 0 Å². The molecule has 3 heteroatoms. The fourth-order valence-electron chi connectivity index (χ4n) is 2.90. The van der Waals surface area contributed by atoms with Crippen LogP contribution < -0.4 is 0 Å². The van der Waals surface area contributed by atoms with Gasteiger partial charge in [-0.2, -0.15) is 0 Å². The largest absolute Gasteiger partial charge is 0.481 e. The topological polar surface area (TPSA) is 40.5 Å². The van der Waals surface area contributed by atoms with Gasteiger partial charge < -0.3 is 5.11 Å². The SMILES string of the molecule is O=C(O)C[C@@H]1CCCC[C@@H]1N1CC=CC1. The summed E-state index contributed by atoms with van der Waals surface area (Å²) in [4.78, 5) is 13.2. The van der Waals surface area contributed by atoms with Crippen molar-refractivity contribution in [3.05, 3.63) is 12.2 Å². The number of carbonyl (C=O) groups is 1. The van der Waals surface area contributed by atoms with Crippen molar-refractivity contribution in [3.63, 3.8) is 0 Å². The first-order valence-corrected chi connectivity index (χ1v) is 5.88. The quantitative estimate of drug-likeness (QED) is 0.722. The summed E-state index contributed by atoms with van der Waals surface area (Å²) in [5.41, 5.74) is 0. The van der Waals surface area contributed by atoms with Gasteiger partial charge in [0.05, 0.1) is 0 Å². The summed E-state index contributed by atoms with van der Waals surface area (Å²) in [6, 6.07) is 0.504. The Bertz CT molecular complexity index is 254.